The van der Waals surface area contributed by atoms with E-state index in [4.69, 9.17) is 10.2 Å². The maximum atomic E-state index is 12.5. The summed E-state index contributed by atoms with van der Waals surface area (Å²) in [5.41, 5.74) is -1.31. The van der Waals surface area contributed by atoms with Crippen molar-refractivity contribution in [3.05, 3.63) is 29.8 Å². The van der Waals surface area contributed by atoms with Gasteiger partial charge in [0.1, 0.15) is 18.3 Å². The van der Waals surface area contributed by atoms with Crippen molar-refractivity contribution in [2.45, 2.75) is 30.6 Å². The zero-order valence-corrected chi connectivity index (χ0v) is 11.6. The number of aliphatic hydroxyl groups excluding tert-OH is 5. The quantitative estimate of drug-likeness (QED) is 0.397. The molecule has 7 nitrogen and oxygen atoms in total. The summed E-state index contributed by atoms with van der Waals surface area (Å²) in [4.78, 5) is 11.7. The topological polar surface area (TPSA) is 130 Å². The van der Waals surface area contributed by atoms with Gasteiger partial charge in [-0.15, -0.1) is 0 Å². The molecule has 0 bridgehead atoms. The second-order valence-corrected chi connectivity index (χ2v) is 4.74. The Hall–Kier alpha value is -1.72. The van der Waals surface area contributed by atoms with Gasteiger partial charge in [-0.2, -0.15) is 13.2 Å². The van der Waals surface area contributed by atoms with E-state index in [1.54, 1.807) is 0 Å². The summed E-state index contributed by atoms with van der Waals surface area (Å²) in [6.45, 7) is -0.930. The molecule has 0 saturated carbocycles. The summed E-state index contributed by atoms with van der Waals surface area (Å²) in [5, 5.41) is 48.1. The van der Waals surface area contributed by atoms with E-state index >= 15 is 0 Å². The zero-order valence-electron chi connectivity index (χ0n) is 11.6. The van der Waals surface area contributed by atoms with Gasteiger partial charge < -0.3 is 30.8 Å². The van der Waals surface area contributed by atoms with E-state index in [0.29, 0.717) is 6.07 Å². The lowest BCUT2D eigenvalue weighted by Crippen LogP contribution is -2.50. The lowest BCUT2D eigenvalue weighted by molar-refractivity contribution is -0.144. The van der Waals surface area contributed by atoms with Crippen LogP contribution in [0.15, 0.2) is 24.3 Å². The Morgan fingerprint density at radius 2 is 1.74 bits per heavy atom. The van der Waals surface area contributed by atoms with Gasteiger partial charge in [0.2, 0.25) is 0 Å². The summed E-state index contributed by atoms with van der Waals surface area (Å²) >= 11 is 0. The predicted octanol–water partition coefficient (Wildman–Crippen LogP) is -0.920. The SMILES string of the molecule is O=C(Nc1cccc(C(F)(F)F)c1)C(O)C(O)C(O)C(O)CO. The fourth-order valence-electron chi connectivity index (χ4n) is 1.67. The van der Waals surface area contributed by atoms with Crippen molar-refractivity contribution in [2.24, 2.45) is 0 Å². The van der Waals surface area contributed by atoms with E-state index in [0.717, 1.165) is 18.2 Å². The van der Waals surface area contributed by atoms with Gasteiger partial charge in [-0.3, -0.25) is 4.79 Å². The molecule has 0 aliphatic carbocycles. The lowest BCUT2D eigenvalue weighted by atomic mass is 10.0. The highest BCUT2D eigenvalue weighted by atomic mass is 19.4. The van der Waals surface area contributed by atoms with E-state index in [1.165, 1.54) is 0 Å². The molecule has 1 aromatic rings. The molecule has 130 valence electrons. The first-order chi connectivity index (χ1) is 10.6. The molecule has 4 atom stereocenters. The smallest absolute Gasteiger partial charge is 0.394 e. The number of benzene rings is 1. The van der Waals surface area contributed by atoms with Crippen LogP contribution in [0.5, 0.6) is 0 Å². The van der Waals surface area contributed by atoms with E-state index in [9.17, 15) is 33.3 Å². The second kappa shape index (κ2) is 7.70. The van der Waals surface area contributed by atoms with Crippen molar-refractivity contribution in [2.75, 3.05) is 11.9 Å². The number of amides is 1. The van der Waals surface area contributed by atoms with Gasteiger partial charge in [-0.25, -0.2) is 0 Å². The van der Waals surface area contributed by atoms with E-state index in [-0.39, 0.29) is 5.69 Å². The summed E-state index contributed by atoms with van der Waals surface area (Å²) in [7, 11) is 0. The molecule has 0 fully saturated rings. The number of carbonyl (C=O) groups is 1. The van der Waals surface area contributed by atoms with Crippen LogP contribution in [0.2, 0.25) is 0 Å². The van der Waals surface area contributed by atoms with Crippen LogP contribution in [0.25, 0.3) is 0 Å². The third kappa shape index (κ3) is 5.15. The number of alkyl halides is 3. The van der Waals surface area contributed by atoms with Crippen molar-refractivity contribution < 1.29 is 43.5 Å². The molecule has 0 aliphatic rings. The van der Waals surface area contributed by atoms with Crippen LogP contribution in [0.3, 0.4) is 0 Å². The van der Waals surface area contributed by atoms with Crippen molar-refractivity contribution in [3.8, 4) is 0 Å². The minimum atomic E-state index is -4.62. The standard InChI is InChI=1S/C13H16F3NO6/c14-13(15,16)6-2-1-3-7(4-6)17-12(23)11(22)10(21)9(20)8(19)5-18/h1-4,8-11,18-22H,5H2,(H,17,23). The van der Waals surface area contributed by atoms with Crippen LogP contribution in [0, 0.1) is 0 Å². The molecule has 1 rings (SSSR count). The van der Waals surface area contributed by atoms with Gasteiger partial charge in [0.15, 0.2) is 6.10 Å². The Morgan fingerprint density at radius 3 is 2.26 bits per heavy atom. The first kappa shape index (κ1) is 19.3. The first-order valence-electron chi connectivity index (χ1n) is 6.39. The van der Waals surface area contributed by atoms with Crippen LogP contribution < -0.4 is 5.32 Å². The highest BCUT2D eigenvalue weighted by Crippen LogP contribution is 2.30. The number of nitrogens with one attached hydrogen (secondary N) is 1. The fraction of sp³-hybridized carbons (Fsp3) is 0.462. The van der Waals surface area contributed by atoms with Gasteiger partial charge in [0, 0.05) is 5.69 Å². The predicted molar refractivity (Wildman–Crippen MR) is 71.2 cm³/mol. The third-order valence-corrected chi connectivity index (χ3v) is 2.98. The molecule has 0 spiro atoms. The maximum Gasteiger partial charge on any atom is 0.416 e. The second-order valence-electron chi connectivity index (χ2n) is 4.74. The summed E-state index contributed by atoms with van der Waals surface area (Å²) < 4.78 is 37.6. The monoisotopic (exact) mass is 339 g/mol. The molecule has 0 radical (unpaired) electrons. The van der Waals surface area contributed by atoms with Crippen LogP contribution in [-0.2, 0) is 11.0 Å². The molecular weight excluding hydrogens is 323 g/mol. The lowest BCUT2D eigenvalue weighted by Gasteiger charge is -2.25. The molecule has 0 heterocycles. The maximum absolute atomic E-state index is 12.5. The van der Waals surface area contributed by atoms with Crippen LogP contribution >= 0.6 is 0 Å². The number of anilines is 1. The van der Waals surface area contributed by atoms with Gasteiger partial charge in [-0.1, -0.05) is 6.07 Å². The van der Waals surface area contributed by atoms with E-state index in [1.807, 2.05) is 5.32 Å². The molecule has 0 aliphatic heterocycles. The highest BCUT2D eigenvalue weighted by molar-refractivity contribution is 5.94. The Balaban J connectivity index is 2.79. The van der Waals surface area contributed by atoms with Gasteiger partial charge >= 0.3 is 6.18 Å². The molecule has 4 unspecified atom stereocenters. The van der Waals surface area contributed by atoms with Crippen LogP contribution in [0.4, 0.5) is 18.9 Å². The number of aliphatic hydroxyl groups is 5. The number of hydrogen-bond acceptors (Lipinski definition) is 6. The van der Waals surface area contributed by atoms with Crippen LogP contribution in [0.1, 0.15) is 5.56 Å². The molecule has 23 heavy (non-hydrogen) atoms. The van der Waals surface area contributed by atoms with Crippen LogP contribution in [-0.4, -0.2) is 62.5 Å². The van der Waals surface area contributed by atoms with Crippen molar-refractivity contribution in [1.82, 2.24) is 0 Å². The van der Waals surface area contributed by atoms with Crippen molar-refractivity contribution in [1.29, 1.82) is 0 Å². The average molecular weight is 339 g/mol. The highest BCUT2D eigenvalue weighted by Gasteiger charge is 2.35. The summed E-state index contributed by atoms with van der Waals surface area (Å²) in [5.74, 6) is -1.29. The number of halogens is 3. The normalized spacial score (nSPS) is 17.2. The Bertz CT molecular complexity index is 539. The van der Waals surface area contributed by atoms with Gasteiger partial charge in [-0.05, 0) is 18.2 Å². The fourth-order valence-corrected chi connectivity index (χ4v) is 1.67. The number of carbonyl (C=O) groups excluding carboxylic acids is 1. The molecule has 10 heteroatoms. The molecule has 0 aromatic heterocycles. The molecular formula is C13H16F3NO6. The Kier molecular flexibility index (Phi) is 6.47. The van der Waals surface area contributed by atoms with E-state index < -0.39 is 48.7 Å². The average Bonchev–Trinajstić information content (AvgIpc) is 2.51. The molecule has 0 saturated heterocycles. The van der Waals surface area contributed by atoms with Crippen molar-refractivity contribution >= 4 is 11.6 Å². The number of hydrogen-bond donors (Lipinski definition) is 6. The Morgan fingerprint density at radius 1 is 1.13 bits per heavy atom. The van der Waals surface area contributed by atoms with E-state index in [2.05, 4.69) is 0 Å². The van der Waals surface area contributed by atoms with Gasteiger partial charge in [0.25, 0.3) is 5.91 Å². The summed E-state index contributed by atoms with van der Waals surface area (Å²) in [6.07, 6.45) is -12.8. The Labute approximate surface area is 128 Å². The summed E-state index contributed by atoms with van der Waals surface area (Å²) in [6, 6.07) is 3.56. The zero-order chi connectivity index (χ0) is 17.8. The molecule has 6 N–H and O–H groups in total. The molecule has 1 amide bonds. The number of rotatable bonds is 6. The minimum Gasteiger partial charge on any atom is -0.394 e. The first-order valence-corrected chi connectivity index (χ1v) is 6.39. The minimum absolute atomic E-state index is 0.284. The van der Waals surface area contributed by atoms with Gasteiger partial charge in [0.05, 0.1) is 12.2 Å². The van der Waals surface area contributed by atoms with Crippen molar-refractivity contribution in [3.63, 3.8) is 0 Å². The molecule has 1 aromatic carbocycles. The largest absolute Gasteiger partial charge is 0.416 e. The third-order valence-electron chi connectivity index (χ3n) is 2.98.